The maximum absolute atomic E-state index is 8.70. The first-order chi connectivity index (χ1) is 11.4. The van der Waals surface area contributed by atoms with E-state index >= 15 is 0 Å². The lowest BCUT2D eigenvalue weighted by Crippen LogP contribution is -1.96. The predicted octanol–water partition coefficient (Wildman–Crippen LogP) is 6.65. The largest absolute Gasteiger partial charge is 0.396 e. The van der Waals surface area contributed by atoms with Gasteiger partial charge in [-0.05, 0) is 19.3 Å². The van der Waals surface area contributed by atoms with Gasteiger partial charge in [0.25, 0.3) is 0 Å². The second kappa shape index (κ2) is 21.9. The molecule has 0 aromatic heterocycles. The quantitative estimate of drug-likeness (QED) is 0.254. The van der Waals surface area contributed by atoms with Crippen LogP contribution in [0.1, 0.15) is 116 Å². The van der Waals surface area contributed by atoms with Gasteiger partial charge in [-0.2, -0.15) is 0 Å². The molecule has 0 spiro atoms. The Morgan fingerprint density at radius 2 is 0.826 bits per heavy atom. The summed E-state index contributed by atoms with van der Waals surface area (Å²) in [5.74, 6) is 0. The molecule has 140 valence electrons. The lowest BCUT2D eigenvalue weighted by Gasteiger charge is -2.04. The van der Waals surface area contributed by atoms with Crippen LogP contribution in [0.15, 0.2) is 0 Å². The zero-order valence-corrected chi connectivity index (χ0v) is 16.0. The molecule has 0 atom stereocenters. The smallest absolute Gasteiger partial charge is 0.0466 e. The van der Waals surface area contributed by atoms with Crippen LogP contribution >= 0.6 is 0 Å². The molecule has 0 bridgehead atoms. The molecule has 0 aliphatic carbocycles. The summed E-state index contributed by atoms with van der Waals surface area (Å²) in [6.45, 7) is 4.51. The van der Waals surface area contributed by atoms with Gasteiger partial charge in [0.1, 0.15) is 0 Å². The molecule has 0 fully saturated rings. The molecule has 0 aromatic rings. The fourth-order valence-corrected chi connectivity index (χ4v) is 2.96. The molecule has 2 heteroatoms. The van der Waals surface area contributed by atoms with Crippen molar-refractivity contribution in [2.75, 3.05) is 19.8 Å². The Bertz CT molecular complexity index is 174. The predicted molar refractivity (Wildman–Crippen MR) is 102 cm³/mol. The van der Waals surface area contributed by atoms with Crippen molar-refractivity contribution < 1.29 is 9.84 Å². The second-order valence-electron chi connectivity index (χ2n) is 6.99. The van der Waals surface area contributed by atoms with E-state index in [0.29, 0.717) is 6.61 Å². The van der Waals surface area contributed by atoms with Crippen LogP contribution in [0.3, 0.4) is 0 Å². The Morgan fingerprint density at radius 1 is 0.478 bits per heavy atom. The monoisotopic (exact) mass is 328 g/mol. The summed E-state index contributed by atoms with van der Waals surface area (Å²) in [5.41, 5.74) is 0. The van der Waals surface area contributed by atoms with Crippen LogP contribution in [-0.2, 0) is 4.74 Å². The molecule has 0 aromatic carbocycles. The van der Waals surface area contributed by atoms with Gasteiger partial charge in [-0.1, -0.05) is 96.8 Å². The van der Waals surface area contributed by atoms with Crippen molar-refractivity contribution in [2.24, 2.45) is 0 Å². The van der Waals surface area contributed by atoms with Crippen LogP contribution in [-0.4, -0.2) is 24.9 Å². The van der Waals surface area contributed by atoms with E-state index in [-0.39, 0.29) is 0 Å². The molecular formula is C21H44O2. The van der Waals surface area contributed by atoms with Gasteiger partial charge in [0.2, 0.25) is 0 Å². The van der Waals surface area contributed by atoms with Gasteiger partial charge in [-0.25, -0.2) is 0 Å². The van der Waals surface area contributed by atoms with Crippen LogP contribution in [0.5, 0.6) is 0 Å². The molecule has 0 saturated carbocycles. The van der Waals surface area contributed by atoms with Crippen molar-refractivity contribution >= 4 is 0 Å². The molecule has 0 unspecified atom stereocenters. The van der Waals surface area contributed by atoms with E-state index in [1.54, 1.807) is 0 Å². The zero-order valence-electron chi connectivity index (χ0n) is 16.0. The Hall–Kier alpha value is -0.0800. The topological polar surface area (TPSA) is 29.5 Å². The minimum atomic E-state index is 0.368. The van der Waals surface area contributed by atoms with Gasteiger partial charge in [0.05, 0.1) is 0 Å². The number of aliphatic hydroxyl groups is 1. The van der Waals surface area contributed by atoms with E-state index in [4.69, 9.17) is 9.84 Å². The highest BCUT2D eigenvalue weighted by Gasteiger charge is 1.95. The molecule has 23 heavy (non-hydrogen) atoms. The number of unbranched alkanes of at least 4 members (excludes halogenated alkanes) is 15. The van der Waals surface area contributed by atoms with E-state index in [2.05, 4.69) is 6.92 Å². The van der Waals surface area contributed by atoms with Gasteiger partial charge in [0.15, 0.2) is 0 Å². The first kappa shape index (κ1) is 22.9. The number of rotatable bonds is 20. The van der Waals surface area contributed by atoms with Gasteiger partial charge in [-0.3, -0.25) is 0 Å². The molecule has 0 rings (SSSR count). The normalized spacial score (nSPS) is 11.2. The third-order valence-electron chi connectivity index (χ3n) is 4.59. The SMILES string of the molecule is CCCCOCCCCCCCCCCCCCCCCCO. The lowest BCUT2D eigenvalue weighted by atomic mass is 10.0. The minimum absolute atomic E-state index is 0.368. The molecule has 0 aliphatic rings. The van der Waals surface area contributed by atoms with Crippen molar-refractivity contribution in [2.45, 2.75) is 116 Å². The van der Waals surface area contributed by atoms with Gasteiger partial charge in [-0.15, -0.1) is 0 Å². The molecule has 0 amide bonds. The van der Waals surface area contributed by atoms with Crippen molar-refractivity contribution in [3.05, 3.63) is 0 Å². The lowest BCUT2D eigenvalue weighted by molar-refractivity contribution is 0.127. The Balaban J connectivity index is 2.92. The van der Waals surface area contributed by atoms with E-state index in [9.17, 15) is 0 Å². The third kappa shape index (κ3) is 21.9. The molecule has 0 heterocycles. The Kier molecular flexibility index (Phi) is 21.8. The summed E-state index contributed by atoms with van der Waals surface area (Å²) in [4.78, 5) is 0. The standard InChI is InChI=1S/C21H44O2/c1-2-3-20-23-21-18-16-14-12-10-8-6-4-5-7-9-11-13-15-17-19-22/h22H,2-21H2,1H3. The number of hydrogen-bond donors (Lipinski definition) is 1. The molecule has 0 radical (unpaired) electrons. The summed E-state index contributed by atoms with van der Waals surface area (Å²) < 4.78 is 5.58. The highest BCUT2D eigenvalue weighted by atomic mass is 16.5. The highest BCUT2D eigenvalue weighted by molar-refractivity contribution is 4.50. The van der Waals surface area contributed by atoms with Crippen LogP contribution in [0.2, 0.25) is 0 Å². The van der Waals surface area contributed by atoms with E-state index in [1.165, 1.54) is 103 Å². The Morgan fingerprint density at radius 3 is 1.22 bits per heavy atom. The Labute approximate surface area is 146 Å². The van der Waals surface area contributed by atoms with Crippen LogP contribution in [0, 0.1) is 0 Å². The maximum atomic E-state index is 8.70. The fourth-order valence-electron chi connectivity index (χ4n) is 2.96. The van der Waals surface area contributed by atoms with Crippen molar-refractivity contribution in [3.8, 4) is 0 Å². The number of aliphatic hydroxyl groups excluding tert-OH is 1. The molecule has 1 N–H and O–H groups in total. The molecular weight excluding hydrogens is 284 g/mol. The first-order valence-corrected chi connectivity index (χ1v) is 10.6. The molecule has 0 aliphatic heterocycles. The maximum Gasteiger partial charge on any atom is 0.0466 e. The van der Waals surface area contributed by atoms with E-state index in [0.717, 1.165) is 19.6 Å². The average molecular weight is 329 g/mol. The summed E-state index contributed by atoms with van der Waals surface area (Å²) in [7, 11) is 0. The fraction of sp³-hybridized carbons (Fsp3) is 1.00. The van der Waals surface area contributed by atoms with E-state index < -0.39 is 0 Å². The van der Waals surface area contributed by atoms with Gasteiger partial charge < -0.3 is 9.84 Å². The molecule has 0 saturated heterocycles. The van der Waals surface area contributed by atoms with Crippen molar-refractivity contribution in [1.29, 1.82) is 0 Å². The zero-order chi connectivity index (χ0) is 16.8. The summed E-state index contributed by atoms with van der Waals surface area (Å²) in [6, 6.07) is 0. The van der Waals surface area contributed by atoms with Crippen LogP contribution in [0.25, 0.3) is 0 Å². The summed E-state index contributed by atoms with van der Waals surface area (Å²) in [6.07, 6.45) is 22.7. The number of ether oxygens (including phenoxy) is 1. The molecule has 2 nitrogen and oxygen atoms in total. The number of hydrogen-bond acceptors (Lipinski definition) is 2. The highest BCUT2D eigenvalue weighted by Crippen LogP contribution is 2.13. The van der Waals surface area contributed by atoms with E-state index in [1.807, 2.05) is 0 Å². The van der Waals surface area contributed by atoms with Gasteiger partial charge in [0, 0.05) is 19.8 Å². The summed E-state index contributed by atoms with van der Waals surface area (Å²) in [5, 5.41) is 8.70. The minimum Gasteiger partial charge on any atom is -0.396 e. The van der Waals surface area contributed by atoms with Gasteiger partial charge >= 0.3 is 0 Å². The summed E-state index contributed by atoms with van der Waals surface area (Å²) >= 11 is 0. The van der Waals surface area contributed by atoms with Crippen LogP contribution < -0.4 is 0 Å². The third-order valence-corrected chi connectivity index (χ3v) is 4.59. The average Bonchev–Trinajstić information content (AvgIpc) is 2.57. The first-order valence-electron chi connectivity index (χ1n) is 10.6. The second-order valence-corrected chi connectivity index (χ2v) is 6.99. The van der Waals surface area contributed by atoms with Crippen molar-refractivity contribution in [3.63, 3.8) is 0 Å². The van der Waals surface area contributed by atoms with Crippen LogP contribution in [0.4, 0.5) is 0 Å². The van der Waals surface area contributed by atoms with Crippen molar-refractivity contribution in [1.82, 2.24) is 0 Å².